The summed E-state index contributed by atoms with van der Waals surface area (Å²) in [6, 6.07) is 6.14. The van der Waals surface area contributed by atoms with E-state index in [4.69, 9.17) is 11.6 Å². The maximum atomic E-state index is 6.30. The zero-order chi connectivity index (χ0) is 13.7. The van der Waals surface area contributed by atoms with Crippen LogP contribution in [0.1, 0.15) is 12.5 Å². The van der Waals surface area contributed by atoms with Crippen molar-refractivity contribution >= 4 is 46.5 Å². The highest BCUT2D eigenvalue weighted by Crippen LogP contribution is 2.36. The van der Waals surface area contributed by atoms with Gasteiger partial charge < -0.3 is 5.32 Å². The van der Waals surface area contributed by atoms with Crippen LogP contribution < -0.4 is 5.32 Å². The largest absolute Gasteiger partial charge is 0.313 e. The number of nitrogens with one attached hydrogen (secondary N) is 1. The van der Waals surface area contributed by atoms with Crippen molar-refractivity contribution in [2.75, 3.05) is 12.8 Å². The van der Waals surface area contributed by atoms with Gasteiger partial charge >= 0.3 is 0 Å². The zero-order valence-electron chi connectivity index (χ0n) is 10.6. The van der Waals surface area contributed by atoms with Gasteiger partial charge in [0.1, 0.15) is 0 Å². The molecule has 0 bridgehead atoms. The Balaban J connectivity index is 2.08. The number of benzene rings is 1. The molecule has 1 heterocycles. The number of halogens is 1. The van der Waals surface area contributed by atoms with Crippen LogP contribution in [0.3, 0.4) is 0 Å². The molecule has 0 saturated heterocycles. The van der Waals surface area contributed by atoms with Gasteiger partial charge in [0.2, 0.25) is 0 Å². The van der Waals surface area contributed by atoms with Crippen molar-refractivity contribution in [3.8, 4) is 0 Å². The van der Waals surface area contributed by atoms with Gasteiger partial charge in [-0.3, -0.25) is 0 Å². The Morgan fingerprint density at radius 1 is 1.32 bits per heavy atom. The van der Waals surface area contributed by atoms with Gasteiger partial charge in [-0.25, -0.2) is 0 Å². The molecule has 0 aliphatic rings. The van der Waals surface area contributed by atoms with Gasteiger partial charge in [0, 0.05) is 11.4 Å². The molecule has 1 N–H and O–H groups in total. The molecule has 1 aromatic carbocycles. The molecule has 3 nitrogen and oxygen atoms in total. The van der Waals surface area contributed by atoms with Crippen LogP contribution in [0.25, 0.3) is 0 Å². The minimum Gasteiger partial charge on any atom is -0.313 e. The number of aromatic nitrogens is 2. The van der Waals surface area contributed by atoms with Crippen LogP contribution in [-0.2, 0) is 6.54 Å². The van der Waals surface area contributed by atoms with Crippen molar-refractivity contribution in [2.24, 2.45) is 0 Å². The maximum absolute atomic E-state index is 6.30. The predicted octanol–water partition coefficient (Wildman–Crippen LogP) is 4.17. The SMILES string of the molecule is CCNCc1ccc(Sc2nnc(SC)s2)c(Cl)c1. The Bertz CT molecular complexity index is 545. The van der Waals surface area contributed by atoms with E-state index in [1.54, 1.807) is 34.9 Å². The van der Waals surface area contributed by atoms with Crippen LogP contribution in [0.5, 0.6) is 0 Å². The second kappa shape index (κ2) is 7.50. The first-order chi connectivity index (χ1) is 9.22. The highest BCUT2D eigenvalue weighted by Gasteiger charge is 2.08. The molecule has 2 aromatic rings. The fourth-order valence-electron chi connectivity index (χ4n) is 1.42. The minimum atomic E-state index is 0.765. The molecule has 0 spiro atoms. The third kappa shape index (κ3) is 4.36. The van der Waals surface area contributed by atoms with Gasteiger partial charge in [-0.05, 0) is 30.5 Å². The molecule has 19 heavy (non-hydrogen) atoms. The van der Waals surface area contributed by atoms with Crippen molar-refractivity contribution in [3.05, 3.63) is 28.8 Å². The summed E-state index contributed by atoms with van der Waals surface area (Å²) in [7, 11) is 0. The highest BCUT2D eigenvalue weighted by molar-refractivity contribution is 8.03. The molecule has 7 heteroatoms. The number of thioether (sulfide) groups is 1. The third-order valence-corrected chi connectivity index (χ3v) is 5.79. The molecular weight excluding hydrogens is 318 g/mol. The topological polar surface area (TPSA) is 37.8 Å². The molecule has 0 aliphatic carbocycles. The second-order valence-corrected chi connectivity index (χ2v) is 7.41. The Kier molecular flexibility index (Phi) is 5.97. The van der Waals surface area contributed by atoms with Crippen LogP contribution in [-0.4, -0.2) is 23.0 Å². The maximum Gasteiger partial charge on any atom is 0.179 e. The number of hydrogen-bond donors (Lipinski definition) is 1. The number of nitrogens with zero attached hydrogens (tertiary/aromatic N) is 2. The number of rotatable bonds is 6. The molecule has 0 unspecified atom stereocenters. The summed E-state index contributed by atoms with van der Waals surface area (Å²) in [6.07, 6.45) is 2.00. The average Bonchev–Trinajstić information content (AvgIpc) is 2.87. The lowest BCUT2D eigenvalue weighted by Crippen LogP contribution is -2.11. The van der Waals surface area contributed by atoms with Crippen LogP contribution in [0.15, 0.2) is 31.8 Å². The first-order valence-corrected chi connectivity index (χ1v) is 9.01. The van der Waals surface area contributed by atoms with Gasteiger partial charge in [0.15, 0.2) is 8.68 Å². The van der Waals surface area contributed by atoms with Gasteiger partial charge in [-0.1, -0.05) is 59.5 Å². The number of hydrogen-bond acceptors (Lipinski definition) is 6. The van der Waals surface area contributed by atoms with Crippen molar-refractivity contribution in [1.82, 2.24) is 15.5 Å². The van der Waals surface area contributed by atoms with Crippen LogP contribution in [0.2, 0.25) is 5.02 Å². The summed E-state index contributed by atoms with van der Waals surface area (Å²) in [5.74, 6) is 0. The van der Waals surface area contributed by atoms with Crippen LogP contribution in [0, 0.1) is 0 Å². The van der Waals surface area contributed by atoms with Crippen LogP contribution >= 0.6 is 46.5 Å². The quantitative estimate of drug-likeness (QED) is 0.804. The van der Waals surface area contributed by atoms with E-state index in [1.807, 2.05) is 18.4 Å². The molecule has 2 rings (SSSR count). The van der Waals surface area contributed by atoms with Gasteiger partial charge in [-0.2, -0.15) is 0 Å². The second-order valence-electron chi connectivity index (χ2n) is 3.69. The summed E-state index contributed by atoms with van der Waals surface area (Å²) in [5.41, 5.74) is 1.19. The molecule has 0 atom stereocenters. The van der Waals surface area contributed by atoms with E-state index >= 15 is 0 Å². The molecular formula is C12H14ClN3S3. The molecule has 102 valence electrons. The zero-order valence-corrected chi connectivity index (χ0v) is 13.8. The molecule has 0 fully saturated rings. The fraction of sp³-hybridized carbons (Fsp3) is 0.333. The molecule has 0 aliphatic heterocycles. The first-order valence-electron chi connectivity index (χ1n) is 5.77. The highest BCUT2D eigenvalue weighted by atomic mass is 35.5. The van der Waals surface area contributed by atoms with E-state index in [-0.39, 0.29) is 0 Å². The lowest BCUT2D eigenvalue weighted by atomic mass is 10.2. The Morgan fingerprint density at radius 2 is 2.11 bits per heavy atom. The molecule has 0 radical (unpaired) electrons. The third-order valence-electron chi connectivity index (χ3n) is 2.34. The van der Waals surface area contributed by atoms with Crippen molar-refractivity contribution < 1.29 is 0 Å². The summed E-state index contributed by atoms with van der Waals surface area (Å²) in [5, 5.41) is 12.3. The van der Waals surface area contributed by atoms with E-state index < -0.39 is 0 Å². The van der Waals surface area contributed by atoms with E-state index in [2.05, 4.69) is 28.5 Å². The van der Waals surface area contributed by atoms with E-state index in [0.717, 1.165) is 31.7 Å². The van der Waals surface area contributed by atoms with Crippen molar-refractivity contribution in [2.45, 2.75) is 27.0 Å². The lowest BCUT2D eigenvalue weighted by molar-refractivity contribution is 0.726. The molecule has 1 aromatic heterocycles. The molecule has 0 amide bonds. The van der Waals surface area contributed by atoms with Crippen molar-refractivity contribution in [1.29, 1.82) is 0 Å². The Hall–Kier alpha value is -0.270. The molecule has 0 saturated carbocycles. The van der Waals surface area contributed by atoms with Gasteiger partial charge in [0.05, 0.1) is 5.02 Å². The summed E-state index contributed by atoms with van der Waals surface area (Å²) in [4.78, 5) is 1.02. The normalized spacial score (nSPS) is 10.9. The minimum absolute atomic E-state index is 0.765. The summed E-state index contributed by atoms with van der Waals surface area (Å²) in [6.45, 7) is 3.89. The lowest BCUT2D eigenvalue weighted by Gasteiger charge is -2.05. The van der Waals surface area contributed by atoms with Gasteiger partial charge in [-0.15, -0.1) is 10.2 Å². The van der Waals surface area contributed by atoms with Crippen molar-refractivity contribution in [3.63, 3.8) is 0 Å². The Labute approximate surface area is 130 Å². The van der Waals surface area contributed by atoms with E-state index in [1.165, 1.54) is 5.56 Å². The predicted molar refractivity (Wildman–Crippen MR) is 84.6 cm³/mol. The monoisotopic (exact) mass is 331 g/mol. The standard InChI is InChI=1S/C12H14ClN3S3/c1-3-14-7-8-4-5-10(9(13)6-8)18-12-16-15-11(17-2)19-12/h4-6,14H,3,7H2,1-2H3. The fourth-order valence-corrected chi connectivity index (χ4v) is 4.14. The average molecular weight is 332 g/mol. The van der Waals surface area contributed by atoms with Crippen LogP contribution in [0.4, 0.5) is 0 Å². The van der Waals surface area contributed by atoms with E-state index in [9.17, 15) is 0 Å². The van der Waals surface area contributed by atoms with E-state index in [0.29, 0.717) is 0 Å². The summed E-state index contributed by atoms with van der Waals surface area (Å²) < 4.78 is 1.90. The smallest absolute Gasteiger partial charge is 0.179 e. The first kappa shape index (κ1) is 15.1. The summed E-state index contributed by atoms with van der Waals surface area (Å²) >= 11 is 11.1. The van der Waals surface area contributed by atoms with Gasteiger partial charge in [0.25, 0.3) is 0 Å². The Morgan fingerprint density at radius 3 is 2.74 bits per heavy atom.